The van der Waals surface area contributed by atoms with Gasteiger partial charge in [-0.25, -0.2) is 0 Å². The average molecular weight is 179 g/mol. The van der Waals surface area contributed by atoms with E-state index in [9.17, 15) is 0 Å². The molecule has 0 radical (unpaired) electrons. The quantitative estimate of drug-likeness (QED) is 0.741. The summed E-state index contributed by atoms with van der Waals surface area (Å²) in [6.07, 6.45) is -0.209. The van der Waals surface area contributed by atoms with Crippen molar-refractivity contribution in [3.05, 3.63) is 35.4 Å². The molecule has 70 valence electrons. The highest BCUT2D eigenvalue weighted by molar-refractivity contribution is 5.28. The number of rotatable bonds is 2. The standard InChI is InChI=1S/C10H13NO2/c11-7-8-3-1-2-4-9(8)10-12-5-6-13-10/h1-4,10H,5-7,11H2. The molecule has 2 N–H and O–H groups in total. The first-order valence-corrected chi connectivity index (χ1v) is 4.43. The summed E-state index contributed by atoms with van der Waals surface area (Å²) in [6, 6.07) is 7.94. The molecule has 0 spiro atoms. The summed E-state index contributed by atoms with van der Waals surface area (Å²) >= 11 is 0. The highest BCUT2D eigenvalue weighted by Gasteiger charge is 2.19. The molecule has 0 aliphatic carbocycles. The molecule has 0 atom stereocenters. The smallest absolute Gasteiger partial charge is 0.184 e. The Morgan fingerprint density at radius 3 is 2.62 bits per heavy atom. The lowest BCUT2D eigenvalue weighted by Crippen LogP contribution is -2.06. The van der Waals surface area contributed by atoms with E-state index in [0.29, 0.717) is 19.8 Å². The van der Waals surface area contributed by atoms with Gasteiger partial charge in [-0.15, -0.1) is 0 Å². The lowest BCUT2D eigenvalue weighted by Gasteiger charge is -2.12. The summed E-state index contributed by atoms with van der Waals surface area (Å²) < 4.78 is 10.8. The van der Waals surface area contributed by atoms with Gasteiger partial charge < -0.3 is 15.2 Å². The minimum atomic E-state index is -0.209. The molecule has 0 aromatic heterocycles. The van der Waals surface area contributed by atoms with Crippen molar-refractivity contribution in [2.45, 2.75) is 12.8 Å². The SMILES string of the molecule is NCc1ccccc1C1OCCO1. The number of nitrogens with two attached hydrogens (primary N) is 1. The van der Waals surface area contributed by atoms with Gasteiger partial charge >= 0.3 is 0 Å². The van der Waals surface area contributed by atoms with Crippen LogP contribution in [0.3, 0.4) is 0 Å². The van der Waals surface area contributed by atoms with Crippen molar-refractivity contribution < 1.29 is 9.47 Å². The molecule has 1 aliphatic heterocycles. The second-order valence-corrected chi connectivity index (χ2v) is 2.98. The Bertz CT molecular complexity index is 282. The Labute approximate surface area is 77.5 Å². The normalized spacial score (nSPS) is 17.9. The molecule has 0 amide bonds. The number of ether oxygens (including phenoxy) is 2. The zero-order valence-electron chi connectivity index (χ0n) is 7.40. The molecule has 3 heteroatoms. The third kappa shape index (κ3) is 1.72. The van der Waals surface area contributed by atoms with Crippen LogP contribution in [0, 0.1) is 0 Å². The first-order chi connectivity index (χ1) is 6.42. The van der Waals surface area contributed by atoms with Crippen molar-refractivity contribution in [2.24, 2.45) is 5.73 Å². The molecule has 0 saturated carbocycles. The van der Waals surface area contributed by atoms with Crippen LogP contribution in [0.2, 0.25) is 0 Å². The van der Waals surface area contributed by atoms with Crippen LogP contribution >= 0.6 is 0 Å². The molecule has 2 rings (SSSR count). The Morgan fingerprint density at radius 2 is 1.92 bits per heavy atom. The van der Waals surface area contributed by atoms with Gasteiger partial charge in [0.15, 0.2) is 6.29 Å². The second-order valence-electron chi connectivity index (χ2n) is 2.98. The van der Waals surface area contributed by atoms with Gasteiger partial charge in [-0.3, -0.25) is 0 Å². The van der Waals surface area contributed by atoms with E-state index in [0.717, 1.165) is 11.1 Å². The Kier molecular flexibility index (Phi) is 2.59. The minimum Gasteiger partial charge on any atom is -0.346 e. The largest absolute Gasteiger partial charge is 0.346 e. The van der Waals surface area contributed by atoms with Gasteiger partial charge in [0, 0.05) is 12.1 Å². The highest BCUT2D eigenvalue weighted by atomic mass is 16.7. The lowest BCUT2D eigenvalue weighted by molar-refractivity contribution is -0.0447. The van der Waals surface area contributed by atoms with Crippen molar-refractivity contribution in [3.8, 4) is 0 Å². The molecular weight excluding hydrogens is 166 g/mol. The summed E-state index contributed by atoms with van der Waals surface area (Å²) in [5.74, 6) is 0. The Morgan fingerprint density at radius 1 is 1.23 bits per heavy atom. The highest BCUT2D eigenvalue weighted by Crippen LogP contribution is 2.25. The van der Waals surface area contributed by atoms with Crippen LogP contribution in [0.25, 0.3) is 0 Å². The number of hydrogen-bond donors (Lipinski definition) is 1. The number of hydrogen-bond acceptors (Lipinski definition) is 3. The van der Waals surface area contributed by atoms with Gasteiger partial charge in [0.25, 0.3) is 0 Å². The fraction of sp³-hybridized carbons (Fsp3) is 0.400. The molecule has 1 aromatic carbocycles. The molecule has 1 aromatic rings. The predicted octanol–water partition coefficient (Wildman–Crippen LogP) is 1.19. The third-order valence-corrected chi connectivity index (χ3v) is 2.15. The summed E-state index contributed by atoms with van der Waals surface area (Å²) in [6.45, 7) is 1.87. The summed E-state index contributed by atoms with van der Waals surface area (Å²) in [4.78, 5) is 0. The van der Waals surface area contributed by atoms with Crippen molar-refractivity contribution >= 4 is 0 Å². The zero-order chi connectivity index (χ0) is 9.10. The fourth-order valence-corrected chi connectivity index (χ4v) is 1.49. The first-order valence-electron chi connectivity index (χ1n) is 4.43. The maximum atomic E-state index is 5.61. The molecule has 1 aliphatic rings. The molecule has 0 bridgehead atoms. The van der Waals surface area contributed by atoms with E-state index in [2.05, 4.69) is 0 Å². The van der Waals surface area contributed by atoms with Crippen LogP contribution < -0.4 is 5.73 Å². The zero-order valence-corrected chi connectivity index (χ0v) is 7.40. The maximum Gasteiger partial charge on any atom is 0.184 e. The monoisotopic (exact) mass is 179 g/mol. The average Bonchev–Trinajstić information content (AvgIpc) is 2.70. The fourth-order valence-electron chi connectivity index (χ4n) is 1.49. The molecule has 0 unspecified atom stereocenters. The van der Waals surface area contributed by atoms with E-state index >= 15 is 0 Å². The van der Waals surface area contributed by atoms with Crippen molar-refractivity contribution in [2.75, 3.05) is 13.2 Å². The Balaban J connectivity index is 2.26. The van der Waals surface area contributed by atoms with Crippen LogP contribution in [-0.2, 0) is 16.0 Å². The topological polar surface area (TPSA) is 44.5 Å². The van der Waals surface area contributed by atoms with Crippen LogP contribution in [0.5, 0.6) is 0 Å². The van der Waals surface area contributed by atoms with E-state index in [1.165, 1.54) is 0 Å². The van der Waals surface area contributed by atoms with Crippen LogP contribution in [0.1, 0.15) is 17.4 Å². The lowest BCUT2D eigenvalue weighted by atomic mass is 10.1. The van der Waals surface area contributed by atoms with Crippen molar-refractivity contribution in [3.63, 3.8) is 0 Å². The minimum absolute atomic E-state index is 0.209. The summed E-state index contributed by atoms with van der Waals surface area (Å²) in [5.41, 5.74) is 7.76. The van der Waals surface area contributed by atoms with E-state index in [-0.39, 0.29) is 6.29 Å². The van der Waals surface area contributed by atoms with Gasteiger partial charge in [0.1, 0.15) is 0 Å². The summed E-state index contributed by atoms with van der Waals surface area (Å²) in [5, 5.41) is 0. The van der Waals surface area contributed by atoms with Crippen molar-refractivity contribution in [1.29, 1.82) is 0 Å². The van der Waals surface area contributed by atoms with E-state index in [4.69, 9.17) is 15.2 Å². The molecular formula is C10H13NO2. The van der Waals surface area contributed by atoms with E-state index in [1.807, 2.05) is 24.3 Å². The molecule has 1 fully saturated rings. The molecule has 1 saturated heterocycles. The van der Waals surface area contributed by atoms with Crippen LogP contribution in [-0.4, -0.2) is 13.2 Å². The summed E-state index contributed by atoms with van der Waals surface area (Å²) in [7, 11) is 0. The molecule has 3 nitrogen and oxygen atoms in total. The van der Waals surface area contributed by atoms with Gasteiger partial charge in [-0.05, 0) is 5.56 Å². The van der Waals surface area contributed by atoms with Crippen molar-refractivity contribution in [1.82, 2.24) is 0 Å². The van der Waals surface area contributed by atoms with E-state index in [1.54, 1.807) is 0 Å². The van der Waals surface area contributed by atoms with Gasteiger partial charge in [-0.2, -0.15) is 0 Å². The van der Waals surface area contributed by atoms with Crippen LogP contribution in [0.15, 0.2) is 24.3 Å². The van der Waals surface area contributed by atoms with Gasteiger partial charge in [0.05, 0.1) is 13.2 Å². The van der Waals surface area contributed by atoms with Crippen LogP contribution in [0.4, 0.5) is 0 Å². The second kappa shape index (κ2) is 3.87. The van der Waals surface area contributed by atoms with E-state index < -0.39 is 0 Å². The van der Waals surface area contributed by atoms with Gasteiger partial charge in [0.2, 0.25) is 0 Å². The number of benzene rings is 1. The molecule has 13 heavy (non-hydrogen) atoms. The Hall–Kier alpha value is -0.900. The maximum absolute atomic E-state index is 5.61. The first kappa shape index (κ1) is 8.69. The molecule has 1 heterocycles. The third-order valence-electron chi connectivity index (χ3n) is 2.15. The van der Waals surface area contributed by atoms with Gasteiger partial charge in [-0.1, -0.05) is 24.3 Å². The predicted molar refractivity (Wildman–Crippen MR) is 49.0 cm³/mol.